The van der Waals surface area contributed by atoms with Crippen LogP contribution in [0.4, 0.5) is 10.7 Å². The summed E-state index contributed by atoms with van der Waals surface area (Å²) in [6, 6.07) is 7.79. The van der Waals surface area contributed by atoms with E-state index in [1.165, 1.54) is 11.5 Å². The van der Waals surface area contributed by atoms with Crippen LogP contribution in [0.3, 0.4) is 0 Å². The molecule has 18 heavy (non-hydrogen) atoms. The van der Waals surface area contributed by atoms with Gasteiger partial charge in [0.15, 0.2) is 0 Å². The molecule has 1 heterocycles. The molecule has 0 spiro atoms. The number of nitrogens with zero attached hydrogens (tertiary/aromatic N) is 2. The van der Waals surface area contributed by atoms with Crippen molar-refractivity contribution in [3.8, 4) is 11.8 Å². The van der Waals surface area contributed by atoms with Crippen molar-refractivity contribution in [2.24, 2.45) is 0 Å². The Morgan fingerprint density at radius 1 is 1.50 bits per heavy atom. The summed E-state index contributed by atoms with van der Waals surface area (Å²) in [6.07, 6.45) is 0. The Morgan fingerprint density at radius 2 is 2.28 bits per heavy atom. The van der Waals surface area contributed by atoms with Crippen LogP contribution >= 0.6 is 27.5 Å². The van der Waals surface area contributed by atoms with Crippen LogP contribution in [-0.4, -0.2) is 11.5 Å². The third-order valence-electron chi connectivity index (χ3n) is 2.38. The van der Waals surface area contributed by atoms with Crippen molar-refractivity contribution in [2.45, 2.75) is 6.92 Å². The number of hydrogen-bond donors (Lipinski definition) is 1. The van der Waals surface area contributed by atoms with E-state index in [0.717, 1.165) is 26.6 Å². The van der Waals surface area contributed by atoms with Gasteiger partial charge >= 0.3 is 0 Å². The van der Waals surface area contributed by atoms with Gasteiger partial charge in [-0.3, -0.25) is 0 Å². The van der Waals surface area contributed by atoms with Gasteiger partial charge in [0, 0.05) is 5.69 Å². The van der Waals surface area contributed by atoms with Crippen LogP contribution < -0.4 is 10.1 Å². The third kappa shape index (κ3) is 2.47. The van der Waals surface area contributed by atoms with Crippen molar-refractivity contribution >= 4 is 38.2 Å². The number of nitrogens with one attached hydrogen (secondary N) is 1. The third-order valence-corrected chi connectivity index (χ3v) is 3.86. The Bertz CT molecular complexity index is 618. The van der Waals surface area contributed by atoms with Crippen LogP contribution in [0, 0.1) is 18.3 Å². The summed E-state index contributed by atoms with van der Waals surface area (Å²) in [6.45, 7) is 1.82. The van der Waals surface area contributed by atoms with Crippen LogP contribution in [0.25, 0.3) is 0 Å². The van der Waals surface area contributed by atoms with Gasteiger partial charge in [-0.15, -0.1) is 0 Å². The second-order valence-corrected chi connectivity index (χ2v) is 5.19. The highest BCUT2D eigenvalue weighted by molar-refractivity contribution is 9.10. The van der Waals surface area contributed by atoms with E-state index in [0.29, 0.717) is 5.56 Å². The topological polar surface area (TPSA) is 57.9 Å². The van der Waals surface area contributed by atoms with E-state index in [2.05, 4.69) is 31.7 Å². The maximum Gasteiger partial charge on any atom is 0.133 e. The fourth-order valence-corrected chi connectivity index (χ4v) is 2.77. The highest BCUT2D eigenvalue weighted by Gasteiger charge is 2.10. The van der Waals surface area contributed by atoms with Gasteiger partial charge in [0.2, 0.25) is 0 Å². The largest absolute Gasteiger partial charge is 0.496 e. The lowest BCUT2D eigenvalue weighted by atomic mass is 10.2. The molecular weight excluding hydrogens is 314 g/mol. The zero-order valence-corrected chi connectivity index (χ0v) is 12.2. The number of hydrogen-bond acceptors (Lipinski definition) is 5. The minimum atomic E-state index is 0.590. The first kappa shape index (κ1) is 12.9. The summed E-state index contributed by atoms with van der Waals surface area (Å²) >= 11 is 4.70. The zero-order chi connectivity index (χ0) is 13.1. The molecule has 0 bridgehead atoms. The monoisotopic (exact) mass is 323 g/mol. The normalized spacial score (nSPS) is 9.89. The van der Waals surface area contributed by atoms with Crippen molar-refractivity contribution < 1.29 is 4.74 Å². The molecule has 0 aliphatic carbocycles. The van der Waals surface area contributed by atoms with Crippen LogP contribution in [0.1, 0.15) is 11.3 Å². The maximum absolute atomic E-state index is 9.05. The molecule has 6 heteroatoms. The predicted octanol–water partition coefficient (Wildman–Crippen LogP) is 3.84. The lowest BCUT2D eigenvalue weighted by Gasteiger charge is -2.07. The molecule has 1 aromatic carbocycles. The van der Waals surface area contributed by atoms with E-state index in [1.54, 1.807) is 7.11 Å². The molecule has 4 nitrogen and oxygen atoms in total. The van der Waals surface area contributed by atoms with Crippen LogP contribution in [0.5, 0.6) is 5.75 Å². The molecule has 0 aliphatic rings. The Kier molecular flexibility index (Phi) is 3.84. The van der Waals surface area contributed by atoms with E-state index < -0.39 is 0 Å². The van der Waals surface area contributed by atoms with Gasteiger partial charge in [-0.2, -0.15) is 9.64 Å². The molecule has 1 N–H and O–H groups in total. The molecule has 0 saturated carbocycles. The summed E-state index contributed by atoms with van der Waals surface area (Å²) in [5.41, 5.74) is 2.22. The van der Waals surface area contributed by atoms with E-state index in [9.17, 15) is 0 Å². The first-order chi connectivity index (χ1) is 8.65. The lowest BCUT2D eigenvalue weighted by Crippen LogP contribution is -1.92. The Hall–Kier alpha value is -1.58. The molecule has 0 fully saturated rings. The SMILES string of the molecule is COc1ccc(Nc2snc(C)c2C#N)cc1Br. The van der Waals surface area contributed by atoms with E-state index in [1.807, 2.05) is 25.1 Å². The number of nitriles is 1. The molecule has 2 rings (SSSR count). The molecule has 0 atom stereocenters. The fraction of sp³-hybridized carbons (Fsp3) is 0.167. The summed E-state index contributed by atoms with van der Waals surface area (Å²) in [5, 5.41) is 13.0. The highest BCUT2D eigenvalue weighted by Crippen LogP contribution is 2.32. The standard InChI is InChI=1S/C12H10BrN3OS/c1-7-9(6-14)12(18-16-7)15-8-3-4-11(17-2)10(13)5-8/h3-5,15H,1-2H3. The van der Waals surface area contributed by atoms with Crippen molar-refractivity contribution in [2.75, 3.05) is 12.4 Å². The molecule has 2 aromatic rings. The number of aryl methyl sites for hydroxylation is 1. The number of ether oxygens (including phenoxy) is 1. The molecule has 0 radical (unpaired) electrons. The van der Waals surface area contributed by atoms with Crippen LogP contribution in [-0.2, 0) is 0 Å². The first-order valence-corrected chi connectivity index (χ1v) is 6.69. The fourth-order valence-electron chi connectivity index (χ4n) is 1.46. The van der Waals surface area contributed by atoms with Crippen LogP contribution in [0.15, 0.2) is 22.7 Å². The summed E-state index contributed by atoms with van der Waals surface area (Å²) < 4.78 is 10.2. The van der Waals surface area contributed by atoms with Gasteiger partial charge in [0.1, 0.15) is 22.4 Å². The average molecular weight is 324 g/mol. The molecular formula is C12H10BrN3OS. The van der Waals surface area contributed by atoms with Gasteiger partial charge in [0.05, 0.1) is 17.3 Å². The van der Waals surface area contributed by atoms with Gasteiger partial charge in [0.25, 0.3) is 0 Å². The maximum atomic E-state index is 9.05. The molecule has 0 unspecified atom stereocenters. The minimum Gasteiger partial charge on any atom is -0.496 e. The Balaban J connectivity index is 2.29. The Labute approximate surface area is 118 Å². The number of anilines is 2. The quantitative estimate of drug-likeness (QED) is 0.932. The second-order valence-electron chi connectivity index (χ2n) is 3.56. The smallest absolute Gasteiger partial charge is 0.133 e. The van der Waals surface area contributed by atoms with Crippen molar-refractivity contribution in [3.63, 3.8) is 0 Å². The van der Waals surface area contributed by atoms with E-state index in [-0.39, 0.29) is 0 Å². The summed E-state index contributed by atoms with van der Waals surface area (Å²) in [4.78, 5) is 0. The van der Waals surface area contributed by atoms with Gasteiger partial charge in [-0.1, -0.05) is 0 Å². The lowest BCUT2D eigenvalue weighted by molar-refractivity contribution is 0.412. The molecule has 92 valence electrons. The number of rotatable bonds is 3. The van der Waals surface area contributed by atoms with Crippen LogP contribution in [0.2, 0.25) is 0 Å². The number of methoxy groups -OCH3 is 1. The van der Waals surface area contributed by atoms with Crippen molar-refractivity contribution in [3.05, 3.63) is 33.9 Å². The first-order valence-electron chi connectivity index (χ1n) is 5.12. The van der Waals surface area contributed by atoms with Gasteiger partial charge in [-0.05, 0) is 52.6 Å². The predicted molar refractivity (Wildman–Crippen MR) is 75.5 cm³/mol. The van der Waals surface area contributed by atoms with Crippen molar-refractivity contribution in [1.29, 1.82) is 5.26 Å². The molecule has 0 amide bonds. The summed E-state index contributed by atoms with van der Waals surface area (Å²) in [7, 11) is 1.62. The number of benzene rings is 1. The zero-order valence-electron chi connectivity index (χ0n) is 9.82. The second kappa shape index (κ2) is 5.38. The number of halogens is 1. The highest BCUT2D eigenvalue weighted by atomic mass is 79.9. The van der Waals surface area contributed by atoms with Gasteiger partial charge in [-0.25, -0.2) is 0 Å². The van der Waals surface area contributed by atoms with Crippen molar-refractivity contribution in [1.82, 2.24) is 4.37 Å². The molecule has 0 saturated heterocycles. The van der Waals surface area contributed by atoms with Gasteiger partial charge < -0.3 is 10.1 Å². The molecule has 0 aliphatic heterocycles. The minimum absolute atomic E-state index is 0.590. The summed E-state index contributed by atoms with van der Waals surface area (Å²) in [5.74, 6) is 0.765. The van der Waals surface area contributed by atoms with E-state index in [4.69, 9.17) is 10.00 Å². The number of aromatic nitrogens is 1. The van der Waals surface area contributed by atoms with E-state index >= 15 is 0 Å². The molecule has 1 aromatic heterocycles. The Morgan fingerprint density at radius 3 is 2.89 bits per heavy atom. The average Bonchev–Trinajstić information content (AvgIpc) is 2.70.